The van der Waals surface area contributed by atoms with Crippen LogP contribution in [-0.2, 0) is 4.79 Å². The smallest absolute Gasteiger partial charge is 0.346 e. The van der Waals surface area contributed by atoms with Crippen LogP contribution in [0, 0.1) is 6.92 Å². The lowest BCUT2D eigenvalue weighted by molar-refractivity contribution is -0.196. The van der Waals surface area contributed by atoms with E-state index in [1.54, 1.807) is 6.92 Å². The number of carbonyl (C=O) groups is 2. The maximum absolute atomic E-state index is 12.9. The summed E-state index contributed by atoms with van der Waals surface area (Å²) in [5.41, 5.74) is 0.241. The second-order valence-electron chi connectivity index (χ2n) is 5.36. The maximum Gasteiger partial charge on any atom is 0.408 e. The summed E-state index contributed by atoms with van der Waals surface area (Å²) in [5.74, 6) is -0.533. The van der Waals surface area contributed by atoms with Crippen molar-refractivity contribution >= 4 is 11.8 Å². The number of piperidine rings is 1. The van der Waals surface area contributed by atoms with Crippen LogP contribution in [0.4, 0.5) is 13.2 Å². The molecule has 0 radical (unpaired) electrons. The molecule has 0 saturated carbocycles. The van der Waals surface area contributed by atoms with Crippen molar-refractivity contribution in [3.05, 3.63) is 17.7 Å². The highest BCUT2D eigenvalue weighted by Gasteiger charge is 2.47. The minimum Gasteiger partial charge on any atom is -0.346 e. The number of likely N-dealkylation sites (tertiary alicyclic amines) is 1. The first-order valence-corrected chi connectivity index (χ1v) is 6.85. The number of hydrogen-bond acceptors (Lipinski definition) is 3. The van der Waals surface area contributed by atoms with Gasteiger partial charge in [0.25, 0.3) is 5.91 Å². The van der Waals surface area contributed by atoms with Gasteiger partial charge >= 0.3 is 6.18 Å². The van der Waals surface area contributed by atoms with Crippen LogP contribution < -0.4 is 5.32 Å². The molecule has 2 atom stereocenters. The molecule has 0 spiro atoms. The van der Waals surface area contributed by atoms with Crippen molar-refractivity contribution < 1.29 is 22.8 Å². The number of rotatable bonds is 2. The number of H-pyrrole nitrogens is 1. The summed E-state index contributed by atoms with van der Waals surface area (Å²) in [6.45, 7) is 2.63. The van der Waals surface area contributed by atoms with Crippen molar-refractivity contribution in [3.8, 4) is 0 Å². The highest BCUT2D eigenvalue weighted by atomic mass is 19.4. The number of carbonyl (C=O) groups excluding carboxylic acids is 2. The second kappa shape index (κ2) is 5.98. The second-order valence-corrected chi connectivity index (χ2v) is 5.36. The van der Waals surface area contributed by atoms with Crippen LogP contribution in [0.2, 0.25) is 0 Å². The van der Waals surface area contributed by atoms with Gasteiger partial charge in [0.1, 0.15) is 17.6 Å². The molecule has 1 aromatic heterocycles. The number of aryl methyl sites for hydroxylation is 1. The number of imidazole rings is 1. The zero-order valence-electron chi connectivity index (χ0n) is 12.2. The molecule has 1 aliphatic heterocycles. The van der Waals surface area contributed by atoms with E-state index in [0.29, 0.717) is 5.82 Å². The molecule has 1 aromatic rings. The minimum atomic E-state index is -4.46. The highest BCUT2D eigenvalue weighted by molar-refractivity contribution is 5.92. The molecule has 2 amide bonds. The van der Waals surface area contributed by atoms with Crippen molar-refractivity contribution in [2.75, 3.05) is 6.54 Å². The first-order chi connectivity index (χ1) is 10.2. The van der Waals surface area contributed by atoms with Crippen molar-refractivity contribution in [1.82, 2.24) is 20.2 Å². The van der Waals surface area contributed by atoms with Crippen LogP contribution in [0.5, 0.6) is 0 Å². The number of aromatic nitrogens is 2. The quantitative estimate of drug-likeness (QED) is 0.865. The molecule has 0 aromatic carbocycles. The van der Waals surface area contributed by atoms with Crippen LogP contribution in [0.25, 0.3) is 0 Å². The predicted octanol–water partition coefficient (Wildman–Crippen LogP) is 1.39. The van der Waals surface area contributed by atoms with Crippen molar-refractivity contribution in [2.24, 2.45) is 0 Å². The fraction of sp³-hybridized carbons (Fsp3) is 0.615. The van der Waals surface area contributed by atoms with Crippen molar-refractivity contribution in [1.29, 1.82) is 0 Å². The standard InChI is InChI=1S/C13H17F3N4O2/c1-7-17-5-10(18-7)12(22)19-9-3-4-11(13(14,15)16)20(6-9)8(2)21/h5,9,11H,3-4,6H2,1-2H3,(H,17,18)(H,19,22). The van der Waals surface area contributed by atoms with E-state index in [9.17, 15) is 22.8 Å². The predicted molar refractivity (Wildman–Crippen MR) is 71.0 cm³/mol. The molecule has 2 N–H and O–H groups in total. The van der Waals surface area contributed by atoms with Crippen LogP contribution in [0.15, 0.2) is 6.20 Å². The fourth-order valence-corrected chi connectivity index (χ4v) is 2.58. The summed E-state index contributed by atoms with van der Waals surface area (Å²) in [7, 11) is 0. The minimum absolute atomic E-state index is 0.154. The lowest BCUT2D eigenvalue weighted by Gasteiger charge is -2.40. The maximum atomic E-state index is 12.9. The summed E-state index contributed by atoms with van der Waals surface area (Å²) in [6.07, 6.45) is -3.17. The molecule has 122 valence electrons. The first kappa shape index (κ1) is 16.3. The number of aromatic amines is 1. The van der Waals surface area contributed by atoms with Crippen LogP contribution in [0.3, 0.4) is 0 Å². The third kappa shape index (κ3) is 3.58. The number of amides is 2. The SMILES string of the molecule is CC(=O)N1CC(NC(=O)c2cnc(C)[nH]2)CCC1C(F)(F)F. The summed E-state index contributed by atoms with van der Waals surface area (Å²) in [5, 5.41) is 2.63. The molecule has 2 unspecified atom stereocenters. The van der Waals surface area contributed by atoms with Gasteiger partial charge in [0.2, 0.25) is 5.91 Å². The van der Waals surface area contributed by atoms with Crippen LogP contribution in [-0.4, -0.2) is 51.5 Å². The van der Waals surface area contributed by atoms with Gasteiger partial charge in [0, 0.05) is 19.5 Å². The molecule has 9 heteroatoms. The molecule has 2 heterocycles. The van der Waals surface area contributed by atoms with E-state index in [-0.39, 0.29) is 25.1 Å². The largest absolute Gasteiger partial charge is 0.408 e. The van der Waals surface area contributed by atoms with E-state index in [1.165, 1.54) is 6.20 Å². The third-order valence-electron chi connectivity index (χ3n) is 3.65. The van der Waals surface area contributed by atoms with Crippen LogP contribution >= 0.6 is 0 Å². The van der Waals surface area contributed by atoms with Gasteiger partial charge in [-0.2, -0.15) is 13.2 Å². The molecule has 22 heavy (non-hydrogen) atoms. The van der Waals surface area contributed by atoms with E-state index in [4.69, 9.17) is 0 Å². The highest BCUT2D eigenvalue weighted by Crippen LogP contribution is 2.32. The monoisotopic (exact) mass is 318 g/mol. The van der Waals surface area contributed by atoms with E-state index in [0.717, 1.165) is 11.8 Å². The summed E-state index contributed by atoms with van der Waals surface area (Å²) in [6, 6.07) is -2.30. The molecule has 6 nitrogen and oxygen atoms in total. The van der Waals surface area contributed by atoms with Crippen LogP contribution in [0.1, 0.15) is 36.1 Å². The Hall–Kier alpha value is -2.06. The van der Waals surface area contributed by atoms with Gasteiger partial charge in [-0.3, -0.25) is 9.59 Å². The van der Waals surface area contributed by atoms with Gasteiger partial charge in [-0.15, -0.1) is 0 Å². The molecule has 1 saturated heterocycles. The third-order valence-corrected chi connectivity index (χ3v) is 3.65. The Balaban J connectivity index is 2.03. The Morgan fingerprint density at radius 2 is 2.09 bits per heavy atom. The molecule has 1 aliphatic rings. The van der Waals surface area contributed by atoms with Gasteiger partial charge in [-0.25, -0.2) is 4.98 Å². The Morgan fingerprint density at radius 3 is 2.59 bits per heavy atom. The Bertz CT molecular complexity index is 570. The lowest BCUT2D eigenvalue weighted by Crippen LogP contribution is -2.57. The van der Waals surface area contributed by atoms with Gasteiger partial charge in [0.05, 0.1) is 6.20 Å². The first-order valence-electron chi connectivity index (χ1n) is 6.85. The summed E-state index contributed by atoms with van der Waals surface area (Å²) in [4.78, 5) is 30.8. The van der Waals surface area contributed by atoms with Gasteiger partial charge < -0.3 is 15.2 Å². The summed E-state index contributed by atoms with van der Waals surface area (Å²) < 4.78 is 38.7. The Kier molecular flexibility index (Phi) is 4.43. The topological polar surface area (TPSA) is 78.1 Å². The van der Waals surface area contributed by atoms with Gasteiger partial charge in [0.15, 0.2) is 0 Å². The number of alkyl halides is 3. The summed E-state index contributed by atoms with van der Waals surface area (Å²) >= 11 is 0. The molecule has 0 aliphatic carbocycles. The van der Waals surface area contributed by atoms with Gasteiger partial charge in [-0.05, 0) is 19.8 Å². The lowest BCUT2D eigenvalue weighted by atomic mass is 9.97. The van der Waals surface area contributed by atoms with Crippen molar-refractivity contribution in [2.45, 2.75) is 44.9 Å². The van der Waals surface area contributed by atoms with Gasteiger partial charge in [-0.1, -0.05) is 0 Å². The Labute approximate surface area is 125 Å². The zero-order chi connectivity index (χ0) is 16.5. The average molecular weight is 318 g/mol. The number of halogens is 3. The Morgan fingerprint density at radius 1 is 1.41 bits per heavy atom. The number of nitrogens with zero attached hydrogens (tertiary/aromatic N) is 2. The molecule has 2 rings (SSSR count). The van der Waals surface area contributed by atoms with E-state index in [2.05, 4.69) is 15.3 Å². The molecular formula is C13H17F3N4O2. The fourth-order valence-electron chi connectivity index (χ4n) is 2.58. The number of hydrogen-bond donors (Lipinski definition) is 2. The van der Waals surface area contributed by atoms with E-state index in [1.807, 2.05) is 0 Å². The molecule has 0 bridgehead atoms. The molecule has 1 fully saturated rings. The van der Waals surface area contributed by atoms with E-state index < -0.39 is 30.1 Å². The van der Waals surface area contributed by atoms with E-state index >= 15 is 0 Å². The number of nitrogens with one attached hydrogen (secondary N) is 2. The normalized spacial score (nSPS) is 22.5. The average Bonchev–Trinajstić information content (AvgIpc) is 2.84. The molecular weight excluding hydrogens is 301 g/mol. The van der Waals surface area contributed by atoms with Crippen molar-refractivity contribution in [3.63, 3.8) is 0 Å². The zero-order valence-corrected chi connectivity index (χ0v) is 12.2.